The van der Waals surface area contributed by atoms with Crippen LogP contribution in [0.15, 0.2) is 11.8 Å². The van der Waals surface area contributed by atoms with Crippen molar-refractivity contribution in [3.05, 3.63) is 11.8 Å². The second-order valence-electron chi connectivity index (χ2n) is 3.85. The molecule has 68 valence electrons. The fourth-order valence-corrected chi connectivity index (χ4v) is 2.42. The highest BCUT2D eigenvalue weighted by Crippen LogP contribution is 2.55. The fraction of sp³-hybridized carbons (Fsp3) is 0.556. The summed E-state index contributed by atoms with van der Waals surface area (Å²) in [5.41, 5.74) is -0.819. The van der Waals surface area contributed by atoms with Crippen molar-refractivity contribution in [3.63, 3.8) is 0 Å². The number of hydrogen-bond donors (Lipinski definition) is 0. The standard InChI is InChI=1S/C9H8O4/c1-9-5-3-2-4(12-5)6(9)7(10)13-8(9)11/h3-4,6H,2H2,1H3. The van der Waals surface area contributed by atoms with Gasteiger partial charge in [0, 0.05) is 6.42 Å². The number of fused-ring (bicyclic) bond motifs is 5. The van der Waals surface area contributed by atoms with Crippen molar-refractivity contribution >= 4 is 11.9 Å². The molecule has 0 aromatic heterocycles. The van der Waals surface area contributed by atoms with Crippen molar-refractivity contribution in [1.82, 2.24) is 0 Å². The van der Waals surface area contributed by atoms with Crippen molar-refractivity contribution in [3.8, 4) is 0 Å². The molecule has 3 aliphatic heterocycles. The van der Waals surface area contributed by atoms with Crippen LogP contribution in [0.2, 0.25) is 0 Å². The molecule has 3 atom stereocenters. The minimum absolute atomic E-state index is 0.168. The average molecular weight is 180 g/mol. The van der Waals surface area contributed by atoms with E-state index in [9.17, 15) is 9.59 Å². The number of carbonyl (C=O) groups excluding carboxylic acids is 2. The van der Waals surface area contributed by atoms with Gasteiger partial charge in [-0.25, -0.2) is 0 Å². The van der Waals surface area contributed by atoms with E-state index in [4.69, 9.17) is 4.74 Å². The molecular weight excluding hydrogens is 172 g/mol. The van der Waals surface area contributed by atoms with Crippen LogP contribution in [0, 0.1) is 11.3 Å². The molecule has 0 aromatic rings. The zero-order valence-electron chi connectivity index (χ0n) is 7.07. The highest BCUT2D eigenvalue weighted by Gasteiger charge is 2.67. The molecular formula is C9H8O4. The molecule has 0 aliphatic carbocycles. The number of cyclic esters (lactones) is 2. The summed E-state index contributed by atoms with van der Waals surface area (Å²) >= 11 is 0. The molecule has 3 rings (SSSR count). The first kappa shape index (κ1) is 7.12. The fourth-order valence-electron chi connectivity index (χ4n) is 2.42. The highest BCUT2D eigenvalue weighted by atomic mass is 16.6. The third-order valence-corrected chi connectivity index (χ3v) is 3.19. The molecule has 3 unspecified atom stereocenters. The number of rotatable bonds is 0. The summed E-state index contributed by atoms with van der Waals surface area (Å²) in [5.74, 6) is -0.671. The third-order valence-electron chi connectivity index (χ3n) is 3.19. The smallest absolute Gasteiger partial charge is 0.328 e. The van der Waals surface area contributed by atoms with Crippen LogP contribution < -0.4 is 0 Å². The SMILES string of the molecule is CC12C(=O)OC(=O)C1C1CC=C2O1. The van der Waals surface area contributed by atoms with E-state index in [2.05, 4.69) is 4.74 Å². The number of ether oxygens (including phenoxy) is 2. The van der Waals surface area contributed by atoms with Gasteiger partial charge in [0.25, 0.3) is 0 Å². The molecule has 3 aliphatic rings. The van der Waals surface area contributed by atoms with E-state index in [1.54, 1.807) is 6.92 Å². The van der Waals surface area contributed by atoms with E-state index in [0.29, 0.717) is 5.76 Å². The summed E-state index contributed by atoms with van der Waals surface area (Å²) in [6, 6.07) is 0. The van der Waals surface area contributed by atoms with E-state index in [1.807, 2.05) is 6.08 Å². The first-order valence-corrected chi connectivity index (χ1v) is 4.27. The molecule has 0 spiro atoms. The summed E-state index contributed by atoms with van der Waals surface area (Å²) in [4.78, 5) is 22.7. The molecule has 2 saturated heterocycles. The van der Waals surface area contributed by atoms with Gasteiger partial charge in [-0.1, -0.05) is 0 Å². The lowest BCUT2D eigenvalue weighted by atomic mass is 9.73. The maximum atomic E-state index is 11.4. The quantitative estimate of drug-likeness (QED) is 0.399. The molecule has 4 heteroatoms. The van der Waals surface area contributed by atoms with Crippen LogP contribution in [0.3, 0.4) is 0 Å². The molecule has 0 N–H and O–H groups in total. The maximum absolute atomic E-state index is 11.4. The van der Waals surface area contributed by atoms with Crippen LogP contribution in [0.4, 0.5) is 0 Å². The molecule has 0 saturated carbocycles. The molecule has 3 heterocycles. The summed E-state index contributed by atoms with van der Waals surface area (Å²) in [6.45, 7) is 1.72. The Morgan fingerprint density at radius 1 is 1.54 bits per heavy atom. The second-order valence-corrected chi connectivity index (χ2v) is 3.85. The van der Waals surface area contributed by atoms with Gasteiger partial charge in [0.2, 0.25) is 0 Å². The predicted octanol–water partition coefficient (Wildman–Crippen LogP) is 0.379. The van der Waals surface area contributed by atoms with E-state index in [1.165, 1.54) is 0 Å². The van der Waals surface area contributed by atoms with Gasteiger partial charge in [0.15, 0.2) is 0 Å². The topological polar surface area (TPSA) is 52.6 Å². The van der Waals surface area contributed by atoms with Gasteiger partial charge in [-0.15, -0.1) is 0 Å². The van der Waals surface area contributed by atoms with Crippen LogP contribution >= 0.6 is 0 Å². The largest absolute Gasteiger partial charge is 0.493 e. The Morgan fingerprint density at radius 2 is 2.31 bits per heavy atom. The molecule has 0 radical (unpaired) electrons. The van der Waals surface area contributed by atoms with Crippen LogP contribution in [0.5, 0.6) is 0 Å². The number of hydrogen-bond acceptors (Lipinski definition) is 4. The Labute approximate surface area is 74.5 Å². The van der Waals surface area contributed by atoms with Crippen molar-refractivity contribution in [2.75, 3.05) is 0 Å². The van der Waals surface area contributed by atoms with E-state index < -0.39 is 23.3 Å². The van der Waals surface area contributed by atoms with E-state index >= 15 is 0 Å². The van der Waals surface area contributed by atoms with Crippen LogP contribution in [-0.4, -0.2) is 18.0 Å². The molecule has 4 nitrogen and oxygen atoms in total. The van der Waals surface area contributed by atoms with Crippen molar-refractivity contribution in [2.45, 2.75) is 19.4 Å². The molecule has 0 aromatic carbocycles. The molecule has 2 fully saturated rings. The number of carbonyl (C=O) groups is 2. The monoisotopic (exact) mass is 180 g/mol. The summed E-state index contributed by atoms with van der Waals surface area (Å²) in [6.07, 6.45) is 2.43. The number of esters is 2. The molecule has 13 heavy (non-hydrogen) atoms. The summed E-state index contributed by atoms with van der Waals surface area (Å²) < 4.78 is 10.0. The predicted molar refractivity (Wildman–Crippen MR) is 40.3 cm³/mol. The van der Waals surface area contributed by atoms with Gasteiger partial charge in [-0.2, -0.15) is 0 Å². The normalized spacial score (nSPS) is 45.8. The molecule has 0 amide bonds. The first-order valence-electron chi connectivity index (χ1n) is 4.27. The van der Waals surface area contributed by atoms with Crippen LogP contribution in [0.25, 0.3) is 0 Å². The lowest BCUT2D eigenvalue weighted by Crippen LogP contribution is -2.33. The van der Waals surface area contributed by atoms with Gasteiger partial charge in [0.05, 0.1) is 0 Å². The van der Waals surface area contributed by atoms with E-state index in [0.717, 1.165) is 6.42 Å². The summed E-state index contributed by atoms with van der Waals surface area (Å²) in [7, 11) is 0. The van der Waals surface area contributed by atoms with Gasteiger partial charge >= 0.3 is 11.9 Å². The van der Waals surface area contributed by atoms with Crippen LogP contribution in [-0.2, 0) is 19.1 Å². The van der Waals surface area contributed by atoms with E-state index in [-0.39, 0.29) is 6.10 Å². The first-order chi connectivity index (χ1) is 6.14. The Bertz CT molecular complexity index is 357. The lowest BCUT2D eigenvalue weighted by molar-refractivity contribution is -0.156. The average Bonchev–Trinajstić information content (AvgIpc) is 2.66. The second kappa shape index (κ2) is 1.78. The zero-order valence-corrected chi connectivity index (χ0v) is 7.07. The highest BCUT2D eigenvalue weighted by molar-refractivity contribution is 6.02. The van der Waals surface area contributed by atoms with Crippen LogP contribution in [0.1, 0.15) is 13.3 Å². The Kier molecular flexibility index (Phi) is 0.977. The van der Waals surface area contributed by atoms with Crippen molar-refractivity contribution < 1.29 is 19.1 Å². The van der Waals surface area contributed by atoms with Gasteiger partial charge in [-0.3, -0.25) is 9.59 Å². The minimum atomic E-state index is -0.819. The minimum Gasteiger partial charge on any atom is -0.493 e. The van der Waals surface area contributed by atoms with Crippen molar-refractivity contribution in [1.29, 1.82) is 0 Å². The third kappa shape index (κ3) is 0.567. The summed E-state index contributed by atoms with van der Waals surface area (Å²) in [5, 5.41) is 0. The Hall–Kier alpha value is -1.32. The Morgan fingerprint density at radius 3 is 3.00 bits per heavy atom. The zero-order chi connectivity index (χ0) is 9.22. The van der Waals surface area contributed by atoms with Gasteiger partial charge in [0.1, 0.15) is 23.2 Å². The maximum Gasteiger partial charge on any atom is 0.328 e. The van der Waals surface area contributed by atoms with Gasteiger partial charge in [-0.05, 0) is 13.0 Å². The van der Waals surface area contributed by atoms with Crippen molar-refractivity contribution in [2.24, 2.45) is 11.3 Å². The van der Waals surface area contributed by atoms with Gasteiger partial charge < -0.3 is 9.47 Å². The Balaban J connectivity index is 2.20. The molecule has 2 bridgehead atoms. The lowest BCUT2D eigenvalue weighted by Gasteiger charge is -2.18.